The molecule has 2 aromatic rings. The van der Waals surface area contributed by atoms with Crippen molar-refractivity contribution in [2.45, 2.75) is 46.3 Å². The molecule has 0 spiro atoms. The van der Waals surface area contributed by atoms with E-state index in [2.05, 4.69) is 34.6 Å². The molecule has 0 fully saturated rings. The molecule has 162 valence electrons. The minimum Gasteiger partial charge on any atom is -0.497 e. The molecule has 2 N–H and O–H groups in total. The van der Waals surface area contributed by atoms with E-state index in [4.69, 9.17) is 14.0 Å². The number of benzene rings is 1. The van der Waals surface area contributed by atoms with Gasteiger partial charge in [0.15, 0.2) is 11.7 Å². The van der Waals surface area contributed by atoms with Crippen LogP contribution in [0.3, 0.4) is 0 Å². The van der Waals surface area contributed by atoms with E-state index in [9.17, 15) is 0 Å². The molecule has 0 atom stereocenters. The van der Waals surface area contributed by atoms with Crippen LogP contribution in [0.25, 0.3) is 0 Å². The van der Waals surface area contributed by atoms with E-state index in [0.29, 0.717) is 25.7 Å². The maximum atomic E-state index is 5.73. The van der Waals surface area contributed by atoms with Crippen LogP contribution in [-0.4, -0.2) is 37.9 Å². The number of methoxy groups -OCH3 is 1. The molecule has 2 rings (SSSR count). The SMILES string of the molecule is CCNC(=NCc1cc(C(C)C)no1)NCCCOCc1ccc(OC)cc1.I. The van der Waals surface area contributed by atoms with Crippen LogP contribution >= 0.6 is 24.0 Å². The molecule has 0 saturated carbocycles. The average Bonchev–Trinajstić information content (AvgIpc) is 3.18. The minimum absolute atomic E-state index is 0. The van der Waals surface area contributed by atoms with Crippen LogP contribution in [0.2, 0.25) is 0 Å². The van der Waals surface area contributed by atoms with Crippen LogP contribution < -0.4 is 15.4 Å². The van der Waals surface area contributed by atoms with Gasteiger partial charge in [-0.25, -0.2) is 4.99 Å². The van der Waals surface area contributed by atoms with Crippen LogP contribution in [-0.2, 0) is 17.9 Å². The third-order valence-electron chi connectivity index (χ3n) is 4.09. The molecule has 1 aromatic heterocycles. The van der Waals surface area contributed by atoms with E-state index >= 15 is 0 Å². The van der Waals surface area contributed by atoms with E-state index < -0.39 is 0 Å². The van der Waals surface area contributed by atoms with Crippen molar-refractivity contribution in [1.29, 1.82) is 0 Å². The van der Waals surface area contributed by atoms with Crippen molar-refractivity contribution < 1.29 is 14.0 Å². The van der Waals surface area contributed by atoms with Gasteiger partial charge in [0.25, 0.3) is 0 Å². The Kier molecular flexibility index (Phi) is 12.4. The lowest BCUT2D eigenvalue weighted by atomic mass is 10.1. The second kappa shape index (κ2) is 14.2. The number of aromatic nitrogens is 1. The lowest BCUT2D eigenvalue weighted by Crippen LogP contribution is -2.38. The summed E-state index contributed by atoms with van der Waals surface area (Å²) in [6.07, 6.45) is 0.889. The molecule has 0 aliphatic rings. The molecule has 0 radical (unpaired) electrons. The number of aliphatic imine (C=N–C) groups is 1. The average molecular weight is 516 g/mol. The zero-order valence-electron chi connectivity index (χ0n) is 17.7. The van der Waals surface area contributed by atoms with Crippen molar-refractivity contribution >= 4 is 29.9 Å². The maximum Gasteiger partial charge on any atom is 0.191 e. The fourth-order valence-corrected chi connectivity index (χ4v) is 2.47. The van der Waals surface area contributed by atoms with Crippen LogP contribution in [0.5, 0.6) is 5.75 Å². The van der Waals surface area contributed by atoms with E-state index in [-0.39, 0.29) is 24.0 Å². The van der Waals surface area contributed by atoms with Crippen molar-refractivity contribution in [3.63, 3.8) is 0 Å². The number of ether oxygens (including phenoxy) is 2. The van der Waals surface area contributed by atoms with Crippen LogP contribution in [0.4, 0.5) is 0 Å². The first-order valence-corrected chi connectivity index (χ1v) is 9.80. The Hall–Kier alpha value is -1.81. The summed E-state index contributed by atoms with van der Waals surface area (Å²) in [5, 5.41) is 10.6. The van der Waals surface area contributed by atoms with Gasteiger partial charge in [-0.2, -0.15) is 0 Å². The zero-order valence-corrected chi connectivity index (χ0v) is 20.1. The van der Waals surface area contributed by atoms with Crippen molar-refractivity contribution in [2.24, 2.45) is 4.99 Å². The van der Waals surface area contributed by atoms with Crippen molar-refractivity contribution in [3.8, 4) is 5.75 Å². The quantitative estimate of drug-likeness (QED) is 0.203. The number of hydrogen-bond donors (Lipinski definition) is 2. The van der Waals surface area contributed by atoms with Gasteiger partial charge in [-0.05, 0) is 37.0 Å². The Labute approximate surface area is 190 Å². The molecule has 0 amide bonds. The molecule has 0 saturated heterocycles. The summed E-state index contributed by atoms with van der Waals surface area (Å²) >= 11 is 0. The van der Waals surface area contributed by atoms with Gasteiger partial charge >= 0.3 is 0 Å². The fraction of sp³-hybridized carbons (Fsp3) is 0.524. The summed E-state index contributed by atoms with van der Waals surface area (Å²) in [5.41, 5.74) is 2.09. The number of nitrogens with zero attached hydrogens (tertiary/aromatic N) is 2. The molecule has 1 aromatic carbocycles. The number of rotatable bonds is 11. The van der Waals surface area contributed by atoms with Crippen molar-refractivity contribution in [2.75, 3.05) is 26.8 Å². The van der Waals surface area contributed by atoms with Gasteiger partial charge in [-0.3, -0.25) is 0 Å². The summed E-state index contributed by atoms with van der Waals surface area (Å²) in [5.74, 6) is 2.74. The largest absolute Gasteiger partial charge is 0.497 e. The van der Waals surface area contributed by atoms with Crippen molar-refractivity contribution in [3.05, 3.63) is 47.3 Å². The van der Waals surface area contributed by atoms with Gasteiger partial charge in [0.1, 0.15) is 12.3 Å². The summed E-state index contributed by atoms with van der Waals surface area (Å²) < 4.78 is 16.2. The Balaban J connectivity index is 0.00000420. The molecule has 0 bridgehead atoms. The Morgan fingerprint density at radius 3 is 2.59 bits per heavy atom. The van der Waals surface area contributed by atoms with Crippen molar-refractivity contribution in [1.82, 2.24) is 15.8 Å². The second-order valence-corrected chi connectivity index (χ2v) is 6.75. The number of hydrogen-bond acceptors (Lipinski definition) is 5. The second-order valence-electron chi connectivity index (χ2n) is 6.75. The molecule has 1 heterocycles. The summed E-state index contributed by atoms with van der Waals surface area (Å²) in [7, 11) is 1.66. The highest BCUT2D eigenvalue weighted by Crippen LogP contribution is 2.14. The molecule has 7 nitrogen and oxygen atoms in total. The van der Waals surface area contributed by atoms with Gasteiger partial charge in [0.05, 0.1) is 19.4 Å². The molecule has 0 aliphatic heterocycles. The first-order valence-electron chi connectivity index (χ1n) is 9.80. The molecular formula is C21H33IN4O3. The van der Waals surface area contributed by atoms with Crippen LogP contribution in [0, 0.1) is 0 Å². The van der Waals surface area contributed by atoms with E-state index in [1.54, 1.807) is 7.11 Å². The van der Waals surface area contributed by atoms with Crippen LogP contribution in [0.15, 0.2) is 39.8 Å². The molecule has 29 heavy (non-hydrogen) atoms. The lowest BCUT2D eigenvalue weighted by Gasteiger charge is -2.11. The maximum absolute atomic E-state index is 5.73. The summed E-state index contributed by atoms with van der Waals surface area (Å²) in [6, 6.07) is 9.88. The number of nitrogens with one attached hydrogen (secondary N) is 2. The van der Waals surface area contributed by atoms with Gasteiger partial charge in [-0.1, -0.05) is 31.1 Å². The van der Waals surface area contributed by atoms with E-state index in [1.807, 2.05) is 37.3 Å². The minimum atomic E-state index is 0. The highest BCUT2D eigenvalue weighted by atomic mass is 127. The third kappa shape index (κ3) is 9.49. The highest BCUT2D eigenvalue weighted by Gasteiger charge is 2.07. The molecular weight excluding hydrogens is 483 g/mol. The predicted molar refractivity (Wildman–Crippen MR) is 126 cm³/mol. The monoisotopic (exact) mass is 516 g/mol. The van der Waals surface area contributed by atoms with Gasteiger partial charge < -0.3 is 24.6 Å². The van der Waals surface area contributed by atoms with Gasteiger partial charge in [-0.15, -0.1) is 24.0 Å². The Morgan fingerprint density at radius 2 is 1.97 bits per heavy atom. The smallest absolute Gasteiger partial charge is 0.191 e. The third-order valence-corrected chi connectivity index (χ3v) is 4.09. The molecule has 0 unspecified atom stereocenters. The highest BCUT2D eigenvalue weighted by molar-refractivity contribution is 14.0. The first kappa shape index (κ1) is 25.2. The molecule has 8 heteroatoms. The zero-order chi connectivity index (χ0) is 20.2. The summed E-state index contributed by atoms with van der Waals surface area (Å²) in [6.45, 7) is 9.54. The fourth-order valence-electron chi connectivity index (χ4n) is 2.47. The Bertz CT molecular complexity index is 717. The number of guanidine groups is 1. The lowest BCUT2D eigenvalue weighted by molar-refractivity contribution is 0.119. The molecule has 0 aliphatic carbocycles. The number of halogens is 1. The summed E-state index contributed by atoms with van der Waals surface area (Å²) in [4.78, 5) is 4.55. The normalized spacial score (nSPS) is 11.3. The topological polar surface area (TPSA) is 80.9 Å². The van der Waals surface area contributed by atoms with Gasteiger partial charge in [0.2, 0.25) is 0 Å². The predicted octanol–water partition coefficient (Wildman–Crippen LogP) is 4.09. The van der Waals surface area contributed by atoms with E-state index in [1.165, 1.54) is 0 Å². The van der Waals surface area contributed by atoms with Crippen LogP contribution in [0.1, 0.15) is 50.1 Å². The van der Waals surface area contributed by atoms with Gasteiger partial charge in [0, 0.05) is 25.8 Å². The Morgan fingerprint density at radius 1 is 1.21 bits per heavy atom. The van der Waals surface area contributed by atoms with E-state index in [0.717, 1.165) is 48.2 Å². The first-order chi connectivity index (χ1) is 13.6. The standard InChI is InChI=1S/C21H32N4O3.HI/c1-5-22-21(24-14-19-13-20(16(2)3)25-28-19)23-11-6-12-27-15-17-7-9-18(26-4)10-8-17;/h7-10,13,16H,5-6,11-12,14-15H2,1-4H3,(H2,22,23,24);1H.